The van der Waals surface area contributed by atoms with Crippen molar-refractivity contribution in [3.8, 4) is 0 Å². The first-order chi connectivity index (χ1) is 6.27. The molecule has 4 fully saturated rings. The van der Waals surface area contributed by atoms with Gasteiger partial charge in [0, 0.05) is 0 Å². The molecule has 4 aliphatic carbocycles. The summed E-state index contributed by atoms with van der Waals surface area (Å²) in [5, 5.41) is 10.1. The molecule has 4 rings (SSSR count). The number of aliphatic hydroxyl groups is 1. The Kier molecular flexibility index (Phi) is 1.11. The zero-order chi connectivity index (χ0) is 8.74. The normalized spacial score (nSPS) is 72.5. The number of hydrogen-bond donors (Lipinski definition) is 1. The van der Waals surface area contributed by atoms with E-state index in [0.717, 1.165) is 41.4 Å². The van der Waals surface area contributed by atoms with Gasteiger partial charge in [0.15, 0.2) is 0 Å². The quantitative estimate of drug-likeness (QED) is 0.600. The van der Waals surface area contributed by atoms with Gasteiger partial charge in [0.1, 0.15) is 0 Å². The lowest BCUT2D eigenvalue weighted by Gasteiger charge is -2.33. The third kappa shape index (κ3) is 0.674. The Labute approximate surface area is 79.5 Å². The lowest BCUT2D eigenvalue weighted by atomic mass is 9.73. The van der Waals surface area contributed by atoms with Gasteiger partial charge >= 0.3 is 0 Å². The Morgan fingerprint density at radius 3 is 2.62 bits per heavy atom. The predicted octanol–water partition coefficient (Wildman–Crippen LogP) is 1.91. The third-order valence-electron chi connectivity index (χ3n) is 5.68. The summed E-state index contributed by atoms with van der Waals surface area (Å²) in [5.41, 5.74) is 0. The van der Waals surface area contributed by atoms with E-state index in [9.17, 15) is 5.11 Å². The highest BCUT2D eigenvalue weighted by Gasteiger charge is 2.68. The summed E-state index contributed by atoms with van der Waals surface area (Å²) in [6.45, 7) is 2.43. The number of rotatable bonds is 0. The van der Waals surface area contributed by atoms with E-state index in [-0.39, 0.29) is 6.10 Å². The molecule has 0 aliphatic heterocycles. The fraction of sp³-hybridized carbons (Fsp3) is 1.00. The second-order valence-electron chi connectivity index (χ2n) is 6.08. The molecule has 72 valence electrons. The van der Waals surface area contributed by atoms with Crippen LogP contribution in [0.25, 0.3) is 0 Å². The molecular weight excluding hydrogens is 160 g/mol. The molecule has 0 aromatic heterocycles. The smallest absolute Gasteiger partial charge is 0.0604 e. The molecule has 1 nitrogen and oxygen atoms in total. The van der Waals surface area contributed by atoms with Crippen molar-refractivity contribution in [3.05, 3.63) is 0 Å². The summed E-state index contributed by atoms with van der Waals surface area (Å²) in [4.78, 5) is 0. The van der Waals surface area contributed by atoms with Gasteiger partial charge < -0.3 is 5.11 Å². The van der Waals surface area contributed by atoms with Crippen molar-refractivity contribution in [3.63, 3.8) is 0 Å². The fourth-order valence-electron chi connectivity index (χ4n) is 5.25. The van der Waals surface area contributed by atoms with Crippen LogP contribution in [0.5, 0.6) is 0 Å². The highest BCUT2D eigenvalue weighted by molar-refractivity contribution is 5.16. The van der Waals surface area contributed by atoms with E-state index >= 15 is 0 Å². The van der Waals surface area contributed by atoms with Crippen molar-refractivity contribution < 1.29 is 5.11 Å². The van der Waals surface area contributed by atoms with E-state index in [1.165, 1.54) is 19.3 Å². The van der Waals surface area contributed by atoms with Crippen molar-refractivity contribution in [2.75, 3.05) is 0 Å². The molecule has 0 aromatic rings. The monoisotopic (exact) mass is 178 g/mol. The molecule has 0 radical (unpaired) electrons. The third-order valence-corrected chi connectivity index (χ3v) is 5.68. The van der Waals surface area contributed by atoms with E-state index in [1.807, 2.05) is 0 Å². The molecule has 0 aromatic carbocycles. The van der Waals surface area contributed by atoms with Crippen molar-refractivity contribution in [2.24, 2.45) is 41.4 Å². The van der Waals surface area contributed by atoms with Crippen LogP contribution in [0, 0.1) is 41.4 Å². The highest BCUT2D eigenvalue weighted by Crippen LogP contribution is 2.71. The van der Waals surface area contributed by atoms with Gasteiger partial charge in [-0.25, -0.2) is 0 Å². The first kappa shape index (κ1) is 7.28. The van der Waals surface area contributed by atoms with E-state index in [2.05, 4.69) is 6.92 Å². The van der Waals surface area contributed by atoms with Gasteiger partial charge in [-0.2, -0.15) is 0 Å². The average Bonchev–Trinajstić information content (AvgIpc) is 2.57. The average molecular weight is 178 g/mol. The predicted molar refractivity (Wildman–Crippen MR) is 50.0 cm³/mol. The standard InChI is InChI=1S/C12H18O/c1-5-2-6-3-7(5)11-8-4-9(8)12(13)10(6)11/h5-13H,2-4H2,1H3. The van der Waals surface area contributed by atoms with Gasteiger partial charge in [-0.3, -0.25) is 0 Å². The molecule has 1 heteroatoms. The summed E-state index contributed by atoms with van der Waals surface area (Å²) in [6, 6.07) is 0. The van der Waals surface area contributed by atoms with Crippen molar-refractivity contribution >= 4 is 0 Å². The summed E-state index contributed by atoms with van der Waals surface area (Å²) < 4.78 is 0. The van der Waals surface area contributed by atoms with Crippen LogP contribution in [0.4, 0.5) is 0 Å². The van der Waals surface area contributed by atoms with Gasteiger partial charge in [0.2, 0.25) is 0 Å². The van der Waals surface area contributed by atoms with E-state index in [4.69, 9.17) is 0 Å². The van der Waals surface area contributed by atoms with E-state index in [0.29, 0.717) is 0 Å². The molecule has 4 aliphatic rings. The van der Waals surface area contributed by atoms with Crippen LogP contribution >= 0.6 is 0 Å². The molecule has 8 atom stereocenters. The SMILES string of the molecule is CC1CC2CC1C1C3CC3C(O)C21. The Morgan fingerprint density at radius 2 is 1.77 bits per heavy atom. The summed E-state index contributed by atoms with van der Waals surface area (Å²) in [6.07, 6.45) is 4.34. The van der Waals surface area contributed by atoms with Crippen LogP contribution < -0.4 is 0 Å². The summed E-state index contributed by atoms with van der Waals surface area (Å²) >= 11 is 0. The zero-order valence-corrected chi connectivity index (χ0v) is 8.19. The summed E-state index contributed by atoms with van der Waals surface area (Å²) in [7, 11) is 0. The maximum absolute atomic E-state index is 10.1. The van der Waals surface area contributed by atoms with Crippen LogP contribution in [0.15, 0.2) is 0 Å². The summed E-state index contributed by atoms with van der Waals surface area (Å²) in [5.74, 6) is 6.27. The van der Waals surface area contributed by atoms with Crippen LogP contribution in [0.2, 0.25) is 0 Å². The minimum absolute atomic E-state index is 0.109. The molecule has 13 heavy (non-hydrogen) atoms. The fourth-order valence-corrected chi connectivity index (χ4v) is 5.25. The second-order valence-corrected chi connectivity index (χ2v) is 6.08. The van der Waals surface area contributed by atoms with Crippen molar-refractivity contribution in [1.82, 2.24) is 0 Å². The minimum Gasteiger partial charge on any atom is -0.393 e. The van der Waals surface area contributed by atoms with Crippen LogP contribution in [0.1, 0.15) is 26.2 Å². The van der Waals surface area contributed by atoms with Crippen molar-refractivity contribution in [1.29, 1.82) is 0 Å². The van der Waals surface area contributed by atoms with Gasteiger partial charge in [0.05, 0.1) is 6.10 Å². The minimum atomic E-state index is 0.109. The Bertz CT molecular complexity index is 262. The largest absolute Gasteiger partial charge is 0.393 e. The van der Waals surface area contributed by atoms with Crippen LogP contribution in [-0.2, 0) is 0 Å². The molecule has 1 N–H and O–H groups in total. The molecule has 0 heterocycles. The van der Waals surface area contributed by atoms with Gasteiger partial charge in [-0.15, -0.1) is 0 Å². The first-order valence-electron chi connectivity index (χ1n) is 5.95. The highest BCUT2D eigenvalue weighted by atomic mass is 16.3. The van der Waals surface area contributed by atoms with E-state index in [1.54, 1.807) is 0 Å². The molecule has 0 saturated heterocycles. The Balaban J connectivity index is 1.74. The van der Waals surface area contributed by atoms with Crippen molar-refractivity contribution in [2.45, 2.75) is 32.3 Å². The number of fused-ring (bicyclic) bond motifs is 7. The molecule has 0 spiro atoms. The molecule has 0 amide bonds. The van der Waals surface area contributed by atoms with E-state index < -0.39 is 0 Å². The maximum atomic E-state index is 10.1. The second kappa shape index (κ2) is 1.98. The van der Waals surface area contributed by atoms with Gasteiger partial charge in [-0.05, 0) is 60.7 Å². The lowest BCUT2D eigenvalue weighted by Crippen LogP contribution is -2.31. The number of hydrogen-bond acceptors (Lipinski definition) is 1. The van der Waals surface area contributed by atoms with Crippen LogP contribution in [-0.4, -0.2) is 11.2 Å². The van der Waals surface area contributed by atoms with Gasteiger partial charge in [-0.1, -0.05) is 6.92 Å². The molecule has 4 saturated carbocycles. The Hall–Kier alpha value is -0.0400. The number of aliphatic hydroxyl groups excluding tert-OH is 1. The molecule has 8 unspecified atom stereocenters. The van der Waals surface area contributed by atoms with Crippen LogP contribution in [0.3, 0.4) is 0 Å². The molecule has 2 bridgehead atoms. The maximum Gasteiger partial charge on any atom is 0.0604 e. The first-order valence-corrected chi connectivity index (χ1v) is 5.95. The molecular formula is C12H18O. The van der Waals surface area contributed by atoms with Gasteiger partial charge in [0.25, 0.3) is 0 Å². The topological polar surface area (TPSA) is 20.2 Å². The lowest BCUT2D eigenvalue weighted by molar-refractivity contribution is 0.0487. The zero-order valence-electron chi connectivity index (χ0n) is 8.19. The Morgan fingerprint density at radius 1 is 0.923 bits per heavy atom.